The molecule has 2 aromatic rings. The molecule has 9 heteroatoms. The second-order valence-electron chi connectivity index (χ2n) is 9.65. The van der Waals surface area contributed by atoms with Crippen molar-refractivity contribution in [3.05, 3.63) is 34.2 Å². The highest BCUT2D eigenvalue weighted by Gasteiger charge is 2.40. The fourth-order valence-electron chi connectivity index (χ4n) is 3.67. The number of nitrogens with two attached hydrogens (primary N) is 1. The number of aromatic nitrogens is 3. The van der Waals surface area contributed by atoms with Gasteiger partial charge < -0.3 is 19.8 Å². The maximum absolute atomic E-state index is 6.52. The third-order valence-electron chi connectivity index (χ3n) is 6.45. The normalized spacial score (nSPS) is 18.3. The zero-order valence-electron chi connectivity index (χ0n) is 18.3. The van der Waals surface area contributed by atoms with Crippen LogP contribution in [0.3, 0.4) is 0 Å². The van der Waals surface area contributed by atoms with Gasteiger partial charge in [0.2, 0.25) is 5.95 Å². The average molecular weight is 448 g/mol. The molecule has 4 heterocycles. The van der Waals surface area contributed by atoms with Crippen molar-refractivity contribution in [2.45, 2.75) is 57.8 Å². The molecule has 2 aliphatic heterocycles. The molecule has 1 atom stereocenters. The Kier molecular flexibility index (Phi) is 5.44. The molecule has 0 spiro atoms. The lowest BCUT2D eigenvalue weighted by Crippen LogP contribution is -2.42. The fraction of sp³-hybridized carbons (Fsp3) is 0.571. The SMILES string of the molecule is CC(C)(C)[Si](C)(C)OCC1CN(Cc2cnc3c(c2)OCC3)c2nc(N)nc(Cl)c21. The number of rotatable bonds is 5. The summed E-state index contributed by atoms with van der Waals surface area (Å²) in [6.07, 6.45) is 2.78. The van der Waals surface area contributed by atoms with Crippen molar-refractivity contribution in [3.63, 3.8) is 0 Å². The molecule has 0 aromatic carbocycles. The van der Waals surface area contributed by atoms with Crippen LogP contribution >= 0.6 is 11.6 Å². The molecule has 2 aliphatic rings. The minimum atomic E-state index is -1.88. The first-order valence-corrected chi connectivity index (χ1v) is 13.7. The molecule has 0 saturated carbocycles. The van der Waals surface area contributed by atoms with Crippen molar-refractivity contribution < 1.29 is 9.16 Å². The van der Waals surface area contributed by atoms with Gasteiger partial charge in [0.15, 0.2) is 8.32 Å². The van der Waals surface area contributed by atoms with E-state index < -0.39 is 8.32 Å². The second-order valence-corrected chi connectivity index (χ2v) is 14.8. The Morgan fingerprint density at radius 3 is 2.83 bits per heavy atom. The van der Waals surface area contributed by atoms with Crippen molar-refractivity contribution in [2.75, 3.05) is 30.4 Å². The van der Waals surface area contributed by atoms with E-state index in [1.54, 1.807) is 0 Å². The largest absolute Gasteiger partial charge is 0.491 e. The van der Waals surface area contributed by atoms with E-state index in [0.29, 0.717) is 24.9 Å². The van der Waals surface area contributed by atoms with E-state index in [2.05, 4.69) is 59.8 Å². The number of nitrogens with zero attached hydrogens (tertiary/aromatic N) is 4. The van der Waals surface area contributed by atoms with Gasteiger partial charge in [-0.25, -0.2) is 4.98 Å². The van der Waals surface area contributed by atoms with Gasteiger partial charge in [-0.05, 0) is 29.8 Å². The van der Waals surface area contributed by atoms with Crippen molar-refractivity contribution in [2.24, 2.45) is 0 Å². The third-order valence-corrected chi connectivity index (χ3v) is 11.2. The van der Waals surface area contributed by atoms with Gasteiger partial charge in [-0.1, -0.05) is 32.4 Å². The third kappa shape index (κ3) is 4.00. The Labute approximate surface area is 184 Å². The number of hydrogen-bond donors (Lipinski definition) is 1. The van der Waals surface area contributed by atoms with E-state index in [1.165, 1.54) is 0 Å². The smallest absolute Gasteiger partial charge is 0.223 e. The molecule has 0 saturated heterocycles. The quantitative estimate of drug-likeness (QED) is 0.543. The van der Waals surface area contributed by atoms with Gasteiger partial charge in [-0.15, -0.1) is 0 Å². The van der Waals surface area contributed by atoms with E-state index in [-0.39, 0.29) is 16.9 Å². The van der Waals surface area contributed by atoms with Crippen LogP contribution in [0.2, 0.25) is 23.3 Å². The predicted octanol–water partition coefficient (Wildman–Crippen LogP) is 4.17. The first-order chi connectivity index (χ1) is 14.0. The molecule has 7 nitrogen and oxygen atoms in total. The summed E-state index contributed by atoms with van der Waals surface area (Å²) in [6, 6.07) is 2.07. The van der Waals surface area contributed by atoms with E-state index in [4.69, 9.17) is 26.5 Å². The summed E-state index contributed by atoms with van der Waals surface area (Å²) >= 11 is 6.52. The zero-order valence-corrected chi connectivity index (χ0v) is 20.1. The van der Waals surface area contributed by atoms with Gasteiger partial charge >= 0.3 is 0 Å². The Bertz CT molecular complexity index is 963. The standard InChI is InChI=1S/C21H30ClN5O2Si/c1-21(2,3)30(4,5)29-12-14-11-27(19-17(14)18(22)25-20(23)26-19)10-13-8-16-15(24-9-13)6-7-28-16/h8-9,14H,6-7,10-12H2,1-5H3,(H2,23,25,26). The molecule has 0 fully saturated rings. The predicted molar refractivity (Wildman–Crippen MR) is 122 cm³/mol. The van der Waals surface area contributed by atoms with Crippen LogP contribution in [0.4, 0.5) is 11.8 Å². The van der Waals surface area contributed by atoms with E-state index in [1.807, 2.05) is 6.20 Å². The van der Waals surface area contributed by atoms with Gasteiger partial charge in [-0.3, -0.25) is 4.98 Å². The lowest BCUT2D eigenvalue weighted by molar-refractivity contribution is 0.267. The minimum absolute atomic E-state index is 0.0980. The molecule has 4 rings (SSSR count). The summed E-state index contributed by atoms with van der Waals surface area (Å²) in [5.74, 6) is 1.95. The van der Waals surface area contributed by atoms with Gasteiger partial charge in [0.25, 0.3) is 0 Å². The second kappa shape index (κ2) is 7.66. The van der Waals surface area contributed by atoms with Crippen LogP contribution in [-0.2, 0) is 17.4 Å². The molecule has 162 valence electrons. The van der Waals surface area contributed by atoms with E-state index in [0.717, 1.165) is 41.4 Å². The van der Waals surface area contributed by atoms with Crippen LogP contribution in [0.5, 0.6) is 5.75 Å². The number of nitrogen functional groups attached to an aromatic ring is 1. The van der Waals surface area contributed by atoms with Crippen molar-refractivity contribution >= 4 is 31.7 Å². The maximum Gasteiger partial charge on any atom is 0.223 e. The first kappa shape index (κ1) is 21.3. The lowest BCUT2D eigenvalue weighted by Gasteiger charge is -2.37. The minimum Gasteiger partial charge on any atom is -0.491 e. The Balaban J connectivity index is 1.58. The van der Waals surface area contributed by atoms with Crippen LogP contribution in [0.15, 0.2) is 12.3 Å². The maximum atomic E-state index is 6.52. The van der Waals surface area contributed by atoms with Crippen molar-refractivity contribution in [3.8, 4) is 5.75 Å². The van der Waals surface area contributed by atoms with Crippen LogP contribution in [0, 0.1) is 0 Å². The highest BCUT2D eigenvalue weighted by atomic mass is 35.5. The summed E-state index contributed by atoms with van der Waals surface area (Å²) in [7, 11) is -1.88. The first-order valence-electron chi connectivity index (χ1n) is 10.4. The average Bonchev–Trinajstić information content (AvgIpc) is 3.23. The van der Waals surface area contributed by atoms with Gasteiger partial charge in [0, 0.05) is 43.8 Å². The summed E-state index contributed by atoms with van der Waals surface area (Å²) in [5, 5.41) is 0.560. The lowest BCUT2D eigenvalue weighted by atomic mass is 10.1. The van der Waals surface area contributed by atoms with E-state index >= 15 is 0 Å². The van der Waals surface area contributed by atoms with Crippen LogP contribution in [0.25, 0.3) is 0 Å². The highest BCUT2D eigenvalue weighted by molar-refractivity contribution is 6.74. The zero-order chi connectivity index (χ0) is 21.7. The molecule has 30 heavy (non-hydrogen) atoms. The highest BCUT2D eigenvalue weighted by Crippen LogP contribution is 2.42. The summed E-state index contributed by atoms with van der Waals surface area (Å²) in [6.45, 7) is 14.0. The Morgan fingerprint density at radius 2 is 2.10 bits per heavy atom. The van der Waals surface area contributed by atoms with E-state index in [9.17, 15) is 0 Å². The molecule has 1 unspecified atom stereocenters. The summed E-state index contributed by atoms with van der Waals surface area (Å²) in [4.78, 5) is 15.5. The molecule has 2 aromatic heterocycles. The summed E-state index contributed by atoms with van der Waals surface area (Å²) in [5.41, 5.74) is 8.94. The number of hydrogen-bond acceptors (Lipinski definition) is 7. The van der Waals surface area contributed by atoms with Crippen molar-refractivity contribution in [1.82, 2.24) is 15.0 Å². The van der Waals surface area contributed by atoms with Gasteiger partial charge in [0.1, 0.15) is 16.7 Å². The van der Waals surface area contributed by atoms with Crippen LogP contribution in [0.1, 0.15) is 43.5 Å². The van der Waals surface area contributed by atoms with Crippen molar-refractivity contribution in [1.29, 1.82) is 0 Å². The number of anilines is 2. The van der Waals surface area contributed by atoms with Crippen LogP contribution in [-0.4, -0.2) is 43.0 Å². The van der Waals surface area contributed by atoms with Gasteiger partial charge in [-0.2, -0.15) is 4.98 Å². The molecule has 0 bridgehead atoms. The number of halogens is 1. The molecule has 0 amide bonds. The molecule has 0 radical (unpaired) electrons. The number of fused-ring (bicyclic) bond motifs is 2. The number of ether oxygens (including phenoxy) is 1. The molecular formula is C21H30ClN5O2Si. The molecule has 2 N–H and O–H groups in total. The topological polar surface area (TPSA) is 86.4 Å². The summed E-state index contributed by atoms with van der Waals surface area (Å²) < 4.78 is 12.2. The molecule has 0 aliphatic carbocycles. The number of pyridine rings is 1. The monoisotopic (exact) mass is 447 g/mol. The Morgan fingerprint density at radius 1 is 1.33 bits per heavy atom. The Hall–Kier alpha value is -1.90. The fourth-order valence-corrected chi connectivity index (χ4v) is 5.05. The van der Waals surface area contributed by atoms with Gasteiger partial charge in [0.05, 0.1) is 12.3 Å². The molecular weight excluding hydrogens is 418 g/mol. The van der Waals surface area contributed by atoms with Crippen LogP contribution < -0.4 is 15.4 Å².